The van der Waals surface area contributed by atoms with E-state index in [1.165, 1.54) is 24.3 Å². The Labute approximate surface area is 98.8 Å². The van der Waals surface area contributed by atoms with Gasteiger partial charge in [0.25, 0.3) is 0 Å². The molecule has 0 aliphatic carbocycles. The minimum absolute atomic E-state index is 0.0461. The minimum atomic E-state index is -0.507. The Morgan fingerprint density at radius 3 is 2.65 bits per heavy atom. The van der Waals surface area contributed by atoms with Crippen LogP contribution in [0, 0.1) is 5.82 Å². The third-order valence-electron chi connectivity index (χ3n) is 1.81. The Kier molecular flexibility index (Phi) is 5.00. The molecule has 0 radical (unpaired) electrons. The van der Waals surface area contributed by atoms with E-state index in [9.17, 15) is 9.18 Å². The van der Waals surface area contributed by atoms with Gasteiger partial charge in [0.05, 0.1) is 12.3 Å². The number of rotatable bonds is 5. The second kappa shape index (κ2) is 6.52. The highest BCUT2D eigenvalue weighted by Gasteiger charge is 2.00. The highest BCUT2D eigenvalue weighted by atomic mass is 19.1. The SMILES string of the molecule is CCOC(=O)/C=C(\N)COc1ccc(F)cc1. The average molecular weight is 239 g/mol. The van der Waals surface area contributed by atoms with Crippen LogP contribution in [0.3, 0.4) is 0 Å². The van der Waals surface area contributed by atoms with Gasteiger partial charge < -0.3 is 15.2 Å². The summed E-state index contributed by atoms with van der Waals surface area (Å²) in [6, 6.07) is 5.52. The molecule has 4 nitrogen and oxygen atoms in total. The zero-order valence-corrected chi connectivity index (χ0v) is 9.48. The van der Waals surface area contributed by atoms with Crippen LogP contribution in [0.1, 0.15) is 6.92 Å². The van der Waals surface area contributed by atoms with Crippen molar-refractivity contribution in [1.29, 1.82) is 0 Å². The quantitative estimate of drug-likeness (QED) is 0.626. The van der Waals surface area contributed by atoms with Crippen molar-refractivity contribution in [1.82, 2.24) is 0 Å². The Balaban J connectivity index is 2.45. The fraction of sp³-hybridized carbons (Fsp3) is 0.250. The molecule has 0 aromatic heterocycles. The third-order valence-corrected chi connectivity index (χ3v) is 1.81. The number of ether oxygens (including phenoxy) is 2. The Morgan fingerprint density at radius 1 is 1.41 bits per heavy atom. The number of esters is 1. The number of nitrogens with two attached hydrogens (primary N) is 1. The molecular weight excluding hydrogens is 225 g/mol. The first-order valence-corrected chi connectivity index (χ1v) is 5.13. The van der Waals surface area contributed by atoms with Crippen LogP contribution in [0.25, 0.3) is 0 Å². The number of carbonyl (C=O) groups is 1. The summed E-state index contributed by atoms with van der Waals surface area (Å²) in [7, 11) is 0. The van der Waals surface area contributed by atoms with Gasteiger partial charge in [0.15, 0.2) is 0 Å². The molecule has 0 atom stereocenters. The molecular formula is C12H14FNO3. The summed E-state index contributed by atoms with van der Waals surface area (Å²) in [4.78, 5) is 11.0. The van der Waals surface area contributed by atoms with Gasteiger partial charge in [0.2, 0.25) is 0 Å². The van der Waals surface area contributed by atoms with Crippen LogP contribution >= 0.6 is 0 Å². The third kappa shape index (κ3) is 5.01. The Hall–Kier alpha value is -2.04. The van der Waals surface area contributed by atoms with Crippen LogP contribution in [0.2, 0.25) is 0 Å². The standard InChI is InChI=1S/C12H14FNO3/c1-2-16-12(15)7-10(14)8-17-11-5-3-9(13)4-6-11/h3-7H,2,8,14H2,1H3/b10-7-. The molecule has 1 aromatic rings. The summed E-state index contributed by atoms with van der Waals surface area (Å²) >= 11 is 0. The lowest BCUT2D eigenvalue weighted by molar-refractivity contribution is -0.137. The van der Waals surface area contributed by atoms with E-state index in [4.69, 9.17) is 10.5 Å². The molecule has 1 aromatic carbocycles. The van der Waals surface area contributed by atoms with Gasteiger partial charge in [-0.15, -0.1) is 0 Å². The van der Waals surface area contributed by atoms with Crippen LogP contribution in [0.15, 0.2) is 36.0 Å². The summed E-state index contributed by atoms with van der Waals surface area (Å²) in [5, 5.41) is 0. The minimum Gasteiger partial charge on any atom is -0.487 e. The van der Waals surface area contributed by atoms with Gasteiger partial charge in [-0.25, -0.2) is 9.18 Å². The predicted molar refractivity (Wildman–Crippen MR) is 60.8 cm³/mol. The largest absolute Gasteiger partial charge is 0.487 e. The molecule has 0 unspecified atom stereocenters. The lowest BCUT2D eigenvalue weighted by Crippen LogP contribution is -2.12. The number of hydrogen-bond donors (Lipinski definition) is 1. The lowest BCUT2D eigenvalue weighted by atomic mass is 10.3. The van der Waals surface area contributed by atoms with E-state index >= 15 is 0 Å². The highest BCUT2D eigenvalue weighted by Crippen LogP contribution is 2.11. The lowest BCUT2D eigenvalue weighted by Gasteiger charge is -2.06. The Morgan fingerprint density at radius 2 is 2.06 bits per heavy atom. The van der Waals surface area contributed by atoms with Crippen molar-refractivity contribution in [2.75, 3.05) is 13.2 Å². The average Bonchev–Trinajstić information content (AvgIpc) is 2.28. The van der Waals surface area contributed by atoms with Gasteiger partial charge in [0, 0.05) is 6.08 Å². The van der Waals surface area contributed by atoms with Crippen molar-refractivity contribution in [3.8, 4) is 5.75 Å². The second-order valence-corrected chi connectivity index (χ2v) is 3.21. The number of hydrogen-bond acceptors (Lipinski definition) is 4. The molecule has 0 spiro atoms. The van der Waals surface area contributed by atoms with Crippen molar-refractivity contribution >= 4 is 5.97 Å². The maximum atomic E-state index is 12.6. The fourth-order valence-corrected chi connectivity index (χ4v) is 1.07. The molecule has 0 fully saturated rings. The van der Waals surface area contributed by atoms with Gasteiger partial charge >= 0.3 is 5.97 Å². The van der Waals surface area contributed by atoms with Gasteiger partial charge in [-0.3, -0.25) is 0 Å². The molecule has 17 heavy (non-hydrogen) atoms. The van der Waals surface area contributed by atoms with Crippen LogP contribution in [-0.2, 0) is 9.53 Å². The van der Waals surface area contributed by atoms with Crippen molar-refractivity contribution in [2.24, 2.45) is 5.73 Å². The molecule has 0 aliphatic rings. The maximum Gasteiger partial charge on any atom is 0.332 e. The first-order chi connectivity index (χ1) is 8.11. The van der Waals surface area contributed by atoms with E-state index in [0.717, 1.165) is 6.08 Å². The Bertz CT molecular complexity index is 401. The molecule has 0 amide bonds. The zero-order valence-electron chi connectivity index (χ0n) is 9.48. The predicted octanol–water partition coefficient (Wildman–Crippen LogP) is 1.61. The van der Waals surface area contributed by atoms with E-state index in [1.54, 1.807) is 6.92 Å². The summed E-state index contributed by atoms with van der Waals surface area (Å²) in [5.41, 5.74) is 5.79. The van der Waals surface area contributed by atoms with Crippen molar-refractivity contribution in [3.63, 3.8) is 0 Å². The van der Waals surface area contributed by atoms with Gasteiger partial charge in [-0.1, -0.05) is 0 Å². The second-order valence-electron chi connectivity index (χ2n) is 3.21. The first-order valence-electron chi connectivity index (χ1n) is 5.13. The molecule has 5 heteroatoms. The van der Waals surface area contributed by atoms with E-state index < -0.39 is 5.97 Å². The molecule has 0 bridgehead atoms. The molecule has 2 N–H and O–H groups in total. The number of carbonyl (C=O) groups excluding carboxylic acids is 1. The monoisotopic (exact) mass is 239 g/mol. The maximum absolute atomic E-state index is 12.6. The van der Waals surface area contributed by atoms with Crippen LogP contribution in [0.4, 0.5) is 4.39 Å². The molecule has 0 saturated carbocycles. The number of benzene rings is 1. The summed E-state index contributed by atoms with van der Waals surface area (Å²) in [5.74, 6) is -0.369. The van der Waals surface area contributed by atoms with E-state index in [2.05, 4.69) is 4.74 Å². The first kappa shape index (κ1) is 13.0. The summed E-state index contributed by atoms with van der Waals surface area (Å²) in [6.45, 7) is 2.04. The molecule has 0 heterocycles. The molecule has 1 rings (SSSR count). The topological polar surface area (TPSA) is 61.5 Å². The molecule has 0 aliphatic heterocycles. The van der Waals surface area contributed by atoms with Gasteiger partial charge in [-0.2, -0.15) is 0 Å². The van der Waals surface area contributed by atoms with Gasteiger partial charge in [0.1, 0.15) is 18.2 Å². The van der Waals surface area contributed by atoms with E-state index in [1.807, 2.05) is 0 Å². The summed E-state index contributed by atoms with van der Waals surface area (Å²) < 4.78 is 22.5. The summed E-state index contributed by atoms with van der Waals surface area (Å²) in [6.07, 6.45) is 1.16. The van der Waals surface area contributed by atoms with Crippen molar-refractivity contribution in [2.45, 2.75) is 6.92 Å². The van der Waals surface area contributed by atoms with Crippen molar-refractivity contribution in [3.05, 3.63) is 41.9 Å². The van der Waals surface area contributed by atoms with Crippen molar-refractivity contribution < 1.29 is 18.7 Å². The highest BCUT2D eigenvalue weighted by molar-refractivity contribution is 5.82. The normalized spacial score (nSPS) is 11.1. The van der Waals surface area contributed by atoms with E-state index in [-0.39, 0.29) is 18.1 Å². The van der Waals surface area contributed by atoms with Gasteiger partial charge in [-0.05, 0) is 31.2 Å². The molecule has 92 valence electrons. The zero-order chi connectivity index (χ0) is 12.7. The van der Waals surface area contributed by atoms with Crippen LogP contribution in [0.5, 0.6) is 5.75 Å². The molecule has 0 saturated heterocycles. The van der Waals surface area contributed by atoms with E-state index in [0.29, 0.717) is 12.4 Å². The number of halogens is 1. The smallest absolute Gasteiger partial charge is 0.332 e. The fourth-order valence-electron chi connectivity index (χ4n) is 1.07. The van der Waals surface area contributed by atoms with Crippen LogP contribution < -0.4 is 10.5 Å². The van der Waals surface area contributed by atoms with Crippen LogP contribution in [-0.4, -0.2) is 19.2 Å².